The molecule has 0 aliphatic carbocycles. The van der Waals surface area contributed by atoms with Gasteiger partial charge in [0.15, 0.2) is 0 Å². The zero-order chi connectivity index (χ0) is 20.9. The van der Waals surface area contributed by atoms with Crippen LogP contribution in [-0.2, 0) is 9.47 Å². The Kier molecular flexibility index (Phi) is 7.31. The van der Waals surface area contributed by atoms with Crippen LogP contribution >= 0.6 is 0 Å². The van der Waals surface area contributed by atoms with E-state index in [1.807, 2.05) is 0 Å². The van der Waals surface area contributed by atoms with Gasteiger partial charge in [-0.2, -0.15) is 13.2 Å². The molecule has 8 heteroatoms. The van der Waals surface area contributed by atoms with Gasteiger partial charge in [0.25, 0.3) is 0 Å². The third-order valence-corrected chi connectivity index (χ3v) is 4.50. The van der Waals surface area contributed by atoms with Crippen molar-refractivity contribution < 1.29 is 31.8 Å². The fourth-order valence-electron chi connectivity index (χ4n) is 3.15. The van der Waals surface area contributed by atoms with E-state index in [0.717, 1.165) is 0 Å². The molecular weight excluding hydrogens is 378 g/mol. The topological polar surface area (TPSA) is 38.8 Å². The first-order valence-corrected chi connectivity index (χ1v) is 9.35. The predicted octanol–water partition coefficient (Wildman–Crippen LogP) is 5.48. The van der Waals surface area contributed by atoms with Crippen LogP contribution in [-0.4, -0.2) is 42.5 Å². The monoisotopic (exact) mass is 405 g/mol. The molecule has 1 saturated heterocycles. The summed E-state index contributed by atoms with van der Waals surface area (Å²) < 4.78 is 61.4. The molecule has 0 saturated carbocycles. The second kappa shape index (κ2) is 9.11. The Balaban J connectivity index is 1.95. The summed E-state index contributed by atoms with van der Waals surface area (Å²) in [7, 11) is 0. The van der Waals surface area contributed by atoms with E-state index in [1.165, 1.54) is 24.3 Å². The number of rotatable bonds is 5. The summed E-state index contributed by atoms with van der Waals surface area (Å²) in [4.78, 5) is 13.7. The minimum absolute atomic E-state index is 0.0990. The van der Waals surface area contributed by atoms with Crippen LogP contribution in [0.25, 0.3) is 0 Å². The molecule has 1 aliphatic heterocycles. The van der Waals surface area contributed by atoms with Gasteiger partial charge in [0.1, 0.15) is 18.0 Å². The van der Waals surface area contributed by atoms with E-state index in [9.17, 15) is 22.4 Å². The number of halogens is 4. The molecular formula is C20H27F4NO3. The van der Waals surface area contributed by atoms with Gasteiger partial charge in [-0.05, 0) is 63.6 Å². The highest BCUT2D eigenvalue weighted by Crippen LogP contribution is 2.33. The Morgan fingerprint density at radius 2 is 1.71 bits per heavy atom. The Bertz CT molecular complexity index is 632. The lowest BCUT2D eigenvalue weighted by Crippen LogP contribution is -2.42. The standard InChI is InChI=1S/C20H27F4NO3/c1-19(2,3)28-18(26)25-10-8-14(9-11-25)12-17(27-13-20(22,23)24)15-4-6-16(21)7-5-15/h4-7,14,17H,8-13H2,1-3H3/t17-/m1/s1. The Labute approximate surface area is 162 Å². The van der Waals surface area contributed by atoms with Gasteiger partial charge in [0.2, 0.25) is 0 Å². The van der Waals surface area contributed by atoms with Crippen LogP contribution in [0.2, 0.25) is 0 Å². The normalized spacial score (nSPS) is 17.5. The highest BCUT2D eigenvalue weighted by molar-refractivity contribution is 5.68. The fourth-order valence-corrected chi connectivity index (χ4v) is 3.15. The molecule has 2 rings (SSSR count). The Morgan fingerprint density at radius 1 is 1.14 bits per heavy atom. The molecule has 0 unspecified atom stereocenters. The van der Waals surface area contributed by atoms with Gasteiger partial charge in [-0.3, -0.25) is 0 Å². The number of likely N-dealkylation sites (tertiary alicyclic amines) is 1. The second-order valence-electron chi connectivity index (χ2n) is 8.11. The number of amides is 1. The van der Waals surface area contributed by atoms with Gasteiger partial charge in [0.05, 0.1) is 6.10 Å². The smallest absolute Gasteiger partial charge is 0.411 e. The number of benzene rings is 1. The molecule has 0 aromatic heterocycles. The molecule has 1 aromatic rings. The van der Waals surface area contributed by atoms with Crippen molar-refractivity contribution in [3.05, 3.63) is 35.6 Å². The lowest BCUT2D eigenvalue weighted by Gasteiger charge is -2.34. The first-order valence-electron chi connectivity index (χ1n) is 9.35. The van der Waals surface area contributed by atoms with Crippen LogP contribution in [0.15, 0.2) is 24.3 Å². The van der Waals surface area contributed by atoms with Crippen molar-refractivity contribution in [3.63, 3.8) is 0 Å². The van der Waals surface area contributed by atoms with Crippen molar-refractivity contribution >= 4 is 6.09 Å². The van der Waals surface area contributed by atoms with Crippen molar-refractivity contribution in [2.45, 2.75) is 57.9 Å². The maximum absolute atomic E-state index is 13.1. The van der Waals surface area contributed by atoms with E-state index in [-0.39, 0.29) is 12.0 Å². The molecule has 0 bridgehead atoms. The van der Waals surface area contributed by atoms with Crippen molar-refractivity contribution in [2.75, 3.05) is 19.7 Å². The lowest BCUT2D eigenvalue weighted by atomic mass is 9.89. The zero-order valence-electron chi connectivity index (χ0n) is 16.4. The molecule has 1 fully saturated rings. The van der Waals surface area contributed by atoms with Crippen LogP contribution in [0.1, 0.15) is 51.7 Å². The number of ether oxygens (including phenoxy) is 2. The SMILES string of the molecule is CC(C)(C)OC(=O)N1CCC(C[C@@H](OCC(F)(F)F)c2ccc(F)cc2)CC1. The maximum atomic E-state index is 13.1. The van der Waals surface area contributed by atoms with Gasteiger partial charge >= 0.3 is 12.3 Å². The van der Waals surface area contributed by atoms with Crippen LogP contribution in [0.5, 0.6) is 0 Å². The van der Waals surface area contributed by atoms with E-state index in [0.29, 0.717) is 37.9 Å². The van der Waals surface area contributed by atoms with E-state index in [1.54, 1.807) is 25.7 Å². The summed E-state index contributed by atoms with van der Waals surface area (Å²) in [5.41, 5.74) is -0.0622. The molecule has 1 aliphatic rings. The summed E-state index contributed by atoms with van der Waals surface area (Å²) in [6, 6.07) is 5.33. The average Bonchev–Trinajstić information content (AvgIpc) is 2.57. The van der Waals surface area contributed by atoms with Gasteiger partial charge in [0, 0.05) is 13.1 Å². The Morgan fingerprint density at radius 3 is 2.21 bits per heavy atom. The van der Waals surface area contributed by atoms with Crippen LogP contribution < -0.4 is 0 Å². The number of nitrogens with zero attached hydrogens (tertiary/aromatic N) is 1. The minimum atomic E-state index is -4.43. The molecule has 28 heavy (non-hydrogen) atoms. The molecule has 4 nitrogen and oxygen atoms in total. The molecule has 0 spiro atoms. The van der Waals surface area contributed by atoms with E-state index >= 15 is 0 Å². The maximum Gasteiger partial charge on any atom is 0.411 e. The summed E-state index contributed by atoms with van der Waals surface area (Å²) in [5, 5.41) is 0. The predicted molar refractivity (Wildman–Crippen MR) is 96.3 cm³/mol. The zero-order valence-corrected chi connectivity index (χ0v) is 16.4. The lowest BCUT2D eigenvalue weighted by molar-refractivity contribution is -0.188. The fraction of sp³-hybridized carbons (Fsp3) is 0.650. The molecule has 1 atom stereocenters. The third-order valence-electron chi connectivity index (χ3n) is 4.50. The summed E-state index contributed by atoms with van der Waals surface area (Å²) in [5.74, 6) is -0.356. The number of carbonyl (C=O) groups is 1. The van der Waals surface area contributed by atoms with Crippen LogP contribution in [0.3, 0.4) is 0 Å². The van der Waals surface area contributed by atoms with Crippen molar-refractivity contribution in [1.29, 1.82) is 0 Å². The molecule has 1 heterocycles. The van der Waals surface area contributed by atoms with Crippen LogP contribution in [0, 0.1) is 11.7 Å². The second-order valence-corrected chi connectivity index (χ2v) is 8.11. The van der Waals surface area contributed by atoms with Gasteiger partial charge < -0.3 is 14.4 Å². The number of hydrogen-bond donors (Lipinski definition) is 0. The molecule has 158 valence electrons. The molecule has 0 N–H and O–H groups in total. The third kappa shape index (κ3) is 7.66. The average molecular weight is 405 g/mol. The largest absolute Gasteiger partial charge is 0.444 e. The van der Waals surface area contributed by atoms with Crippen molar-refractivity contribution in [3.8, 4) is 0 Å². The number of alkyl halides is 3. The van der Waals surface area contributed by atoms with Crippen LogP contribution in [0.4, 0.5) is 22.4 Å². The van der Waals surface area contributed by atoms with E-state index < -0.39 is 30.3 Å². The van der Waals surface area contributed by atoms with E-state index in [4.69, 9.17) is 9.47 Å². The molecule has 1 amide bonds. The van der Waals surface area contributed by atoms with E-state index in [2.05, 4.69) is 0 Å². The quantitative estimate of drug-likeness (QED) is 0.609. The highest BCUT2D eigenvalue weighted by Gasteiger charge is 2.32. The highest BCUT2D eigenvalue weighted by atomic mass is 19.4. The van der Waals surface area contributed by atoms with Gasteiger partial charge in [-0.1, -0.05) is 12.1 Å². The van der Waals surface area contributed by atoms with Gasteiger partial charge in [-0.15, -0.1) is 0 Å². The van der Waals surface area contributed by atoms with Crippen molar-refractivity contribution in [1.82, 2.24) is 4.90 Å². The molecule has 1 aromatic carbocycles. The number of piperidine rings is 1. The first-order chi connectivity index (χ1) is 12.9. The number of hydrogen-bond acceptors (Lipinski definition) is 3. The minimum Gasteiger partial charge on any atom is -0.444 e. The summed E-state index contributed by atoms with van der Waals surface area (Å²) in [6.07, 6.45) is -3.92. The van der Waals surface area contributed by atoms with Gasteiger partial charge in [-0.25, -0.2) is 9.18 Å². The number of carbonyl (C=O) groups excluding carboxylic acids is 1. The first kappa shape index (κ1) is 22.5. The summed E-state index contributed by atoms with van der Waals surface area (Å²) in [6.45, 7) is 4.99. The Hall–Kier alpha value is -1.83. The summed E-state index contributed by atoms with van der Waals surface area (Å²) >= 11 is 0. The molecule has 0 radical (unpaired) electrons. The van der Waals surface area contributed by atoms with Crippen molar-refractivity contribution in [2.24, 2.45) is 5.92 Å².